The third-order valence-corrected chi connectivity index (χ3v) is 1.49. The summed E-state index contributed by atoms with van der Waals surface area (Å²) in [6.45, 7) is 11.7. The van der Waals surface area contributed by atoms with Crippen LogP contribution in [0.1, 0.15) is 40.5 Å². The van der Waals surface area contributed by atoms with E-state index in [1.807, 2.05) is 27.7 Å². The summed E-state index contributed by atoms with van der Waals surface area (Å²) in [5.41, 5.74) is -0.148. The largest absolute Gasteiger partial charge is 0.465 e. The number of carbonyl (C=O) groups is 2. The van der Waals surface area contributed by atoms with E-state index in [4.69, 9.17) is 5.11 Å². The molecule has 0 heterocycles. The van der Waals surface area contributed by atoms with Crippen molar-refractivity contribution < 1.29 is 14.7 Å². The number of hydrogen-bond donors (Lipinski definition) is 3. The molecule has 0 bridgehead atoms. The van der Waals surface area contributed by atoms with Gasteiger partial charge >= 0.3 is 6.09 Å². The van der Waals surface area contributed by atoms with Crippen molar-refractivity contribution in [3.8, 4) is 0 Å². The van der Waals surface area contributed by atoms with Gasteiger partial charge < -0.3 is 15.7 Å². The molecule has 0 aromatic rings. The lowest BCUT2D eigenvalue weighted by Crippen LogP contribution is -2.39. The predicted octanol–water partition coefficient (Wildman–Crippen LogP) is 2.14. The summed E-state index contributed by atoms with van der Waals surface area (Å²) in [6, 6.07) is 0. The molecule has 0 aliphatic heterocycles. The fraction of sp³-hybridized carbons (Fsp3) is 0.667. The quantitative estimate of drug-likeness (QED) is 0.523. The first-order valence-electron chi connectivity index (χ1n) is 5.64. The van der Waals surface area contributed by atoms with Crippen molar-refractivity contribution in [2.24, 2.45) is 0 Å². The van der Waals surface area contributed by atoms with Crippen molar-refractivity contribution in [2.45, 2.75) is 46.1 Å². The Morgan fingerprint density at radius 3 is 2.12 bits per heavy atom. The van der Waals surface area contributed by atoms with Crippen LogP contribution in [0.25, 0.3) is 0 Å². The van der Waals surface area contributed by atoms with Gasteiger partial charge in [-0.2, -0.15) is 0 Å². The molecule has 0 radical (unpaired) electrons. The minimum atomic E-state index is -0.932. The number of rotatable bonds is 4. The van der Waals surface area contributed by atoms with Gasteiger partial charge in [0.25, 0.3) is 0 Å². The Morgan fingerprint density at radius 2 is 1.88 bits per heavy atom. The third kappa shape index (κ3) is 20.5. The van der Waals surface area contributed by atoms with Gasteiger partial charge in [0.15, 0.2) is 0 Å². The van der Waals surface area contributed by atoms with E-state index in [1.54, 1.807) is 0 Å². The zero-order chi connectivity index (χ0) is 13.9. The van der Waals surface area contributed by atoms with Crippen molar-refractivity contribution in [3.05, 3.63) is 12.7 Å². The van der Waals surface area contributed by atoms with Crippen molar-refractivity contribution in [2.75, 3.05) is 6.54 Å². The summed E-state index contributed by atoms with van der Waals surface area (Å²) in [4.78, 5) is 20.4. The number of amides is 2. The van der Waals surface area contributed by atoms with Gasteiger partial charge in [-0.15, -0.1) is 0 Å². The number of unbranched alkanes of at least 4 members (excludes halogenated alkanes) is 1. The molecule has 0 saturated heterocycles. The fourth-order valence-electron chi connectivity index (χ4n) is 0.793. The number of carbonyl (C=O) groups excluding carboxylic acids is 1. The minimum absolute atomic E-state index is 0.123. The average Bonchev–Trinajstić information content (AvgIpc) is 2.16. The van der Waals surface area contributed by atoms with Crippen LogP contribution in [0.2, 0.25) is 0 Å². The van der Waals surface area contributed by atoms with Crippen molar-refractivity contribution in [3.63, 3.8) is 0 Å². The molecule has 3 N–H and O–H groups in total. The molecule has 0 atom stereocenters. The average molecular weight is 244 g/mol. The summed E-state index contributed by atoms with van der Waals surface area (Å²) < 4.78 is 0. The molecular formula is C12H24N2O3. The lowest BCUT2D eigenvalue weighted by Gasteiger charge is -2.18. The molecule has 0 spiro atoms. The van der Waals surface area contributed by atoms with Crippen LogP contribution in [0.3, 0.4) is 0 Å². The van der Waals surface area contributed by atoms with Gasteiger partial charge in [0.2, 0.25) is 5.91 Å². The minimum Gasteiger partial charge on any atom is -0.465 e. The summed E-state index contributed by atoms with van der Waals surface area (Å²) in [5, 5.41) is 13.0. The topological polar surface area (TPSA) is 78.4 Å². The van der Waals surface area contributed by atoms with E-state index < -0.39 is 6.09 Å². The van der Waals surface area contributed by atoms with E-state index in [9.17, 15) is 9.59 Å². The first kappa shape index (κ1) is 17.9. The van der Waals surface area contributed by atoms with Crippen LogP contribution < -0.4 is 10.6 Å². The molecular weight excluding hydrogens is 220 g/mol. The Hall–Kier alpha value is -1.52. The second-order valence-corrected chi connectivity index (χ2v) is 4.53. The van der Waals surface area contributed by atoms with Gasteiger partial charge in [0, 0.05) is 12.1 Å². The Morgan fingerprint density at radius 1 is 1.35 bits per heavy atom. The number of nitrogens with one attached hydrogen (secondary N) is 2. The highest BCUT2D eigenvalue weighted by Gasteiger charge is 2.10. The molecule has 0 rings (SSSR count). The van der Waals surface area contributed by atoms with Crippen LogP contribution in [-0.2, 0) is 4.79 Å². The monoisotopic (exact) mass is 244 g/mol. The van der Waals surface area contributed by atoms with Gasteiger partial charge in [-0.1, -0.05) is 19.9 Å². The molecule has 0 aliphatic rings. The Kier molecular flexibility index (Phi) is 10.2. The van der Waals surface area contributed by atoms with Crippen LogP contribution in [0.15, 0.2) is 12.7 Å². The maximum Gasteiger partial charge on any atom is 0.404 e. The third-order valence-electron chi connectivity index (χ3n) is 1.49. The highest BCUT2D eigenvalue weighted by atomic mass is 16.4. The van der Waals surface area contributed by atoms with Gasteiger partial charge in [-0.25, -0.2) is 4.79 Å². The van der Waals surface area contributed by atoms with E-state index in [0.717, 1.165) is 12.8 Å². The highest BCUT2D eigenvalue weighted by molar-refractivity contribution is 5.87. The molecule has 2 amide bonds. The smallest absolute Gasteiger partial charge is 0.404 e. The molecule has 5 nitrogen and oxygen atoms in total. The van der Waals surface area contributed by atoms with Crippen molar-refractivity contribution in [1.82, 2.24) is 10.6 Å². The summed E-state index contributed by atoms with van der Waals surface area (Å²) in [6.07, 6.45) is 2.29. The van der Waals surface area contributed by atoms with Gasteiger partial charge in [-0.05, 0) is 33.3 Å². The molecule has 0 unspecified atom stereocenters. The molecule has 17 heavy (non-hydrogen) atoms. The predicted molar refractivity (Wildman–Crippen MR) is 69.0 cm³/mol. The zero-order valence-electron chi connectivity index (χ0n) is 11.2. The van der Waals surface area contributed by atoms with Crippen LogP contribution >= 0.6 is 0 Å². The first-order chi connectivity index (χ1) is 7.72. The molecule has 0 saturated carbocycles. The summed E-state index contributed by atoms with van der Waals surface area (Å²) >= 11 is 0. The van der Waals surface area contributed by atoms with E-state index in [1.165, 1.54) is 6.08 Å². The van der Waals surface area contributed by atoms with Gasteiger partial charge in [0.1, 0.15) is 0 Å². The maximum atomic E-state index is 10.6. The Bertz CT molecular complexity index is 245. The lowest BCUT2D eigenvalue weighted by molar-refractivity contribution is -0.117. The number of carboxylic acid groups (broad SMARTS) is 1. The summed E-state index contributed by atoms with van der Waals surface area (Å²) in [5.74, 6) is -0.123. The Balaban J connectivity index is 0. The second-order valence-electron chi connectivity index (χ2n) is 4.53. The molecule has 0 aromatic heterocycles. The van der Waals surface area contributed by atoms with E-state index in [-0.39, 0.29) is 11.4 Å². The highest BCUT2D eigenvalue weighted by Crippen LogP contribution is 1.97. The SMILES string of the molecule is C=CC(=O)NC(C)(C)C.CCCCNC(=O)O. The van der Waals surface area contributed by atoms with Crippen LogP contribution in [0.4, 0.5) is 4.79 Å². The standard InChI is InChI=1S/C7H13NO.C5H11NO2/c1-5-6(9)8-7(2,3)4;1-2-3-4-6-5(7)8/h5H,1H2,2-4H3,(H,8,9);6H,2-4H2,1H3,(H,7,8). The van der Waals surface area contributed by atoms with E-state index in [0.29, 0.717) is 6.54 Å². The second kappa shape index (κ2) is 9.69. The van der Waals surface area contributed by atoms with E-state index in [2.05, 4.69) is 17.2 Å². The van der Waals surface area contributed by atoms with Crippen LogP contribution in [0.5, 0.6) is 0 Å². The summed E-state index contributed by atoms with van der Waals surface area (Å²) in [7, 11) is 0. The van der Waals surface area contributed by atoms with Crippen LogP contribution in [0, 0.1) is 0 Å². The molecule has 0 aliphatic carbocycles. The molecule has 5 heteroatoms. The zero-order valence-corrected chi connectivity index (χ0v) is 11.2. The molecule has 0 aromatic carbocycles. The normalized spacial score (nSPS) is 9.65. The fourth-order valence-corrected chi connectivity index (χ4v) is 0.793. The van der Waals surface area contributed by atoms with E-state index >= 15 is 0 Å². The molecule has 0 fully saturated rings. The van der Waals surface area contributed by atoms with Gasteiger partial charge in [0.05, 0.1) is 0 Å². The molecule has 100 valence electrons. The van der Waals surface area contributed by atoms with Crippen LogP contribution in [-0.4, -0.2) is 29.2 Å². The van der Waals surface area contributed by atoms with Crippen molar-refractivity contribution >= 4 is 12.0 Å². The van der Waals surface area contributed by atoms with Crippen molar-refractivity contribution in [1.29, 1.82) is 0 Å². The Labute approximate surface area is 103 Å². The maximum absolute atomic E-state index is 10.6. The lowest BCUT2D eigenvalue weighted by atomic mass is 10.1. The number of hydrogen-bond acceptors (Lipinski definition) is 2. The van der Waals surface area contributed by atoms with Gasteiger partial charge in [-0.3, -0.25) is 4.79 Å². The first-order valence-corrected chi connectivity index (χ1v) is 5.64.